The van der Waals surface area contributed by atoms with Gasteiger partial charge in [-0.3, -0.25) is 0 Å². The van der Waals surface area contributed by atoms with Gasteiger partial charge in [0.2, 0.25) is 0 Å². The lowest BCUT2D eigenvalue weighted by Crippen LogP contribution is -2.32. The summed E-state index contributed by atoms with van der Waals surface area (Å²) in [6, 6.07) is 0.748. The summed E-state index contributed by atoms with van der Waals surface area (Å²) in [5.74, 6) is 1.23. The molecular weight excluding hydrogens is 342 g/mol. The van der Waals surface area contributed by atoms with Gasteiger partial charge >= 0.3 is 0 Å². The van der Waals surface area contributed by atoms with Crippen molar-refractivity contribution in [3.63, 3.8) is 0 Å². The molecule has 1 N–H and O–H groups in total. The number of hydrogen-bond donors (Lipinski definition) is 1. The highest BCUT2D eigenvalue weighted by molar-refractivity contribution is 7.18. The van der Waals surface area contributed by atoms with E-state index >= 15 is 0 Å². The Morgan fingerprint density at radius 3 is 2.65 bits per heavy atom. The van der Waals surface area contributed by atoms with Crippen LogP contribution in [0.4, 0.5) is 0 Å². The maximum Gasteiger partial charge on any atom is 0.127 e. The lowest BCUT2D eigenvalue weighted by atomic mass is 9.82. The second-order valence-corrected chi connectivity index (χ2v) is 9.69. The van der Waals surface area contributed by atoms with Gasteiger partial charge in [-0.1, -0.05) is 0 Å². The lowest BCUT2D eigenvalue weighted by molar-refractivity contribution is 0.174. The fourth-order valence-corrected chi connectivity index (χ4v) is 6.33. The Morgan fingerprint density at radius 1 is 1.19 bits per heavy atom. The van der Waals surface area contributed by atoms with Crippen LogP contribution < -0.4 is 0 Å². The highest BCUT2D eigenvalue weighted by Crippen LogP contribution is 2.46. The fraction of sp³-hybridized carbons (Fsp3) is 0.714. The van der Waals surface area contributed by atoms with Crippen molar-refractivity contribution < 1.29 is 5.11 Å². The number of nitrogens with zero attached hydrogens (tertiary/aromatic N) is 3. The molecule has 1 saturated carbocycles. The Hall–Kier alpha value is -1.04. The number of hydrogen-bond acceptors (Lipinski definition) is 5. The van der Waals surface area contributed by atoms with E-state index in [0.29, 0.717) is 5.92 Å². The molecule has 2 aromatic heterocycles. The first-order valence-electron chi connectivity index (χ1n) is 10.1. The Labute approximate surface area is 160 Å². The molecule has 2 heterocycles. The van der Waals surface area contributed by atoms with Crippen LogP contribution >= 0.6 is 11.3 Å². The quantitative estimate of drug-likeness (QED) is 0.855. The topological polar surface area (TPSA) is 49.3 Å². The number of rotatable bonds is 5. The molecule has 142 valence electrons. The summed E-state index contributed by atoms with van der Waals surface area (Å²) in [4.78, 5) is 14.4. The molecule has 0 amide bonds. The van der Waals surface area contributed by atoms with Crippen molar-refractivity contribution >= 4 is 21.6 Å². The van der Waals surface area contributed by atoms with Crippen molar-refractivity contribution in [2.45, 2.75) is 76.4 Å². The maximum atomic E-state index is 9.92. The van der Waals surface area contributed by atoms with Crippen LogP contribution in [0.15, 0.2) is 6.33 Å². The molecule has 2 aromatic rings. The average molecular weight is 374 g/mol. The van der Waals surface area contributed by atoms with Crippen LogP contribution in [0.1, 0.15) is 67.5 Å². The maximum absolute atomic E-state index is 9.92. The van der Waals surface area contributed by atoms with Gasteiger partial charge in [0.15, 0.2) is 0 Å². The smallest absolute Gasteiger partial charge is 0.127 e. The highest BCUT2D eigenvalue weighted by atomic mass is 32.1. The van der Waals surface area contributed by atoms with Crippen LogP contribution in [0.2, 0.25) is 0 Å². The summed E-state index contributed by atoms with van der Waals surface area (Å²) in [6.07, 6.45) is 11.0. The Kier molecular flexibility index (Phi) is 5.31. The Bertz CT molecular complexity index is 762. The first kappa shape index (κ1) is 18.3. The van der Waals surface area contributed by atoms with E-state index in [4.69, 9.17) is 4.98 Å². The molecular formula is C21H31N3OS. The van der Waals surface area contributed by atoms with Crippen molar-refractivity contribution in [1.29, 1.82) is 0 Å². The summed E-state index contributed by atoms with van der Waals surface area (Å²) in [5, 5.41) is 11.3. The van der Waals surface area contributed by atoms with E-state index in [1.54, 1.807) is 6.33 Å². The lowest BCUT2D eigenvalue weighted by Gasteiger charge is -2.32. The molecule has 1 fully saturated rings. The summed E-state index contributed by atoms with van der Waals surface area (Å²) < 4.78 is 0. The monoisotopic (exact) mass is 373 g/mol. The van der Waals surface area contributed by atoms with Crippen LogP contribution in [0.25, 0.3) is 10.2 Å². The van der Waals surface area contributed by atoms with Gasteiger partial charge in [0.1, 0.15) is 11.2 Å². The highest BCUT2D eigenvalue weighted by Gasteiger charge is 2.31. The third-order valence-electron chi connectivity index (χ3n) is 6.46. The summed E-state index contributed by atoms with van der Waals surface area (Å²) in [5.41, 5.74) is 2.74. The van der Waals surface area contributed by atoms with Gasteiger partial charge in [0.05, 0.1) is 11.8 Å². The average Bonchev–Trinajstić information content (AvgIpc) is 3.15. The standard InChI is InChI=1S/C21H31N3OS/c1-13(25)10-15-6-9-18-19(15)20-17(22-12-23-21(20)26-18)11-14-4-7-16(8-5-14)24(2)3/h12-16,25H,4-11H2,1-3H3/t13-,14?,15+,16?/m0/s1. The molecule has 0 aromatic carbocycles. The number of aliphatic hydroxyl groups excluding tert-OH is 1. The van der Waals surface area contributed by atoms with Crippen LogP contribution in [0.5, 0.6) is 0 Å². The number of aliphatic hydroxyl groups is 1. The molecule has 0 radical (unpaired) electrons. The molecule has 4 rings (SSSR count). The molecule has 2 aliphatic carbocycles. The zero-order valence-corrected chi connectivity index (χ0v) is 17.1. The van der Waals surface area contributed by atoms with Gasteiger partial charge in [-0.15, -0.1) is 11.3 Å². The molecule has 5 heteroatoms. The minimum Gasteiger partial charge on any atom is -0.393 e. The number of aromatic nitrogens is 2. The minimum atomic E-state index is -0.240. The van der Waals surface area contributed by atoms with Gasteiger partial charge in [0, 0.05) is 16.3 Å². The molecule has 4 nitrogen and oxygen atoms in total. The minimum absolute atomic E-state index is 0.240. The van der Waals surface area contributed by atoms with E-state index in [2.05, 4.69) is 24.0 Å². The first-order chi connectivity index (χ1) is 12.5. The van der Waals surface area contributed by atoms with Crippen LogP contribution in [-0.4, -0.2) is 46.2 Å². The Balaban J connectivity index is 1.58. The molecule has 0 spiro atoms. The van der Waals surface area contributed by atoms with Crippen molar-refractivity contribution in [3.8, 4) is 0 Å². The predicted molar refractivity (Wildman–Crippen MR) is 108 cm³/mol. The molecule has 0 bridgehead atoms. The Morgan fingerprint density at radius 2 is 1.96 bits per heavy atom. The zero-order valence-electron chi connectivity index (χ0n) is 16.2. The number of thiophene rings is 1. The van der Waals surface area contributed by atoms with E-state index < -0.39 is 0 Å². The van der Waals surface area contributed by atoms with Crippen LogP contribution in [0.3, 0.4) is 0 Å². The van der Waals surface area contributed by atoms with E-state index in [1.807, 2.05) is 18.3 Å². The van der Waals surface area contributed by atoms with Gasteiger partial charge in [-0.2, -0.15) is 0 Å². The van der Waals surface area contributed by atoms with Crippen LogP contribution in [0, 0.1) is 5.92 Å². The molecule has 0 unspecified atom stereocenters. The largest absolute Gasteiger partial charge is 0.393 e. The van der Waals surface area contributed by atoms with Gasteiger partial charge in [-0.05, 0) is 89.8 Å². The molecule has 2 atom stereocenters. The molecule has 0 saturated heterocycles. The van der Waals surface area contributed by atoms with Gasteiger partial charge in [-0.25, -0.2) is 9.97 Å². The van der Waals surface area contributed by atoms with E-state index in [9.17, 15) is 5.11 Å². The van der Waals surface area contributed by atoms with E-state index in [-0.39, 0.29) is 6.10 Å². The van der Waals surface area contributed by atoms with E-state index in [0.717, 1.165) is 36.1 Å². The second-order valence-electron chi connectivity index (χ2n) is 8.60. The first-order valence-corrected chi connectivity index (χ1v) is 10.9. The van der Waals surface area contributed by atoms with Crippen molar-refractivity contribution in [2.24, 2.45) is 5.92 Å². The van der Waals surface area contributed by atoms with Crippen molar-refractivity contribution in [3.05, 3.63) is 22.5 Å². The van der Waals surface area contributed by atoms with Crippen molar-refractivity contribution in [2.75, 3.05) is 14.1 Å². The van der Waals surface area contributed by atoms with Crippen LogP contribution in [-0.2, 0) is 12.8 Å². The summed E-state index contributed by atoms with van der Waals surface area (Å²) >= 11 is 1.86. The second kappa shape index (κ2) is 7.53. The van der Waals surface area contributed by atoms with Gasteiger partial charge < -0.3 is 10.0 Å². The number of aryl methyl sites for hydroxylation is 1. The fourth-order valence-electron chi connectivity index (χ4n) is 5.07. The molecule has 0 aliphatic heterocycles. The molecule has 2 aliphatic rings. The van der Waals surface area contributed by atoms with Gasteiger partial charge in [0.25, 0.3) is 0 Å². The third-order valence-corrected chi connectivity index (χ3v) is 7.64. The van der Waals surface area contributed by atoms with Crippen molar-refractivity contribution in [1.82, 2.24) is 14.9 Å². The number of fused-ring (bicyclic) bond motifs is 3. The van der Waals surface area contributed by atoms with E-state index in [1.165, 1.54) is 53.6 Å². The molecule has 26 heavy (non-hydrogen) atoms. The zero-order chi connectivity index (χ0) is 18.3. The SMILES string of the molecule is C[C@H](O)C[C@H]1CCc2sc3ncnc(CC4CCC(N(C)C)CC4)c3c21. The summed E-state index contributed by atoms with van der Waals surface area (Å²) in [7, 11) is 4.41. The normalized spacial score (nSPS) is 27.2. The summed E-state index contributed by atoms with van der Waals surface area (Å²) in [6.45, 7) is 1.91. The predicted octanol–water partition coefficient (Wildman–Crippen LogP) is 4.15. The third kappa shape index (κ3) is 3.54.